The van der Waals surface area contributed by atoms with Crippen LogP contribution in [0, 0.1) is 11.8 Å². The Bertz CT molecular complexity index is 356. The van der Waals surface area contributed by atoms with Crippen molar-refractivity contribution in [3.05, 3.63) is 11.1 Å². The maximum atomic E-state index is 10.6. The van der Waals surface area contributed by atoms with Crippen LogP contribution in [0.3, 0.4) is 0 Å². The number of allylic oxidation sites excluding steroid dienone is 2. The van der Waals surface area contributed by atoms with Gasteiger partial charge in [0.05, 0.1) is 7.11 Å². The van der Waals surface area contributed by atoms with Crippen LogP contribution in [0.5, 0.6) is 0 Å². The van der Waals surface area contributed by atoms with Crippen LogP contribution in [-0.4, -0.2) is 19.7 Å². The van der Waals surface area contributed by atoms with Crippen LogP contribution >= 0.6 is 0 Å². The number of fused-ring (bicyclic) bond motifs is 1. The Kier molecular flexibility index (Phi) is 14.7. The summed E-state index contributed by atoms with van der Waals surface area (Å²) in [6.07, 6.45) is 13.0. The van der Waals surface area contributed by atoms with Gasteiger partial charge in [0.25, 0.3) is 0 Å². The van der Waals surface area contributed by atoms with Gasteiger partial charge < -0.3 is 10.1 Å². The molecule has 25 heavy (non-hydrogen) atoms. The average molecular weight is 354 g/mol. The average Bonchev–Trinajstić information content (AvgIpc) is 3.39. The number of ether oxygens (including phenoxy) is 1. The van der Waals surface area contributed by atoms with E-state index in [0.29, 0.717) is 0 Å². The molecule has 0 aromatic carbocycles. The number of carbonyl (C=O) groups excluding carboxylic acids is 1. The Morgan fingerprint density at radius 3 is 2.00 bits per heavy atom. The van der Waals surface area contributed by atoms with Gasteiger partial charge in [0.2, 0.25) is 0 Å². The van der Waals surface area contributed by atoms with E-state index in [4.69, 9.17) is 0 Å². The standard InChI is InChI=1S/C11H18.C9H19NO2.C2H6/c1-8-3-5-10-7-11(10)6-4-9(8)2;1-3-4-5-6-7-8-10-9(11)12-2;1-2/h10-11H,3-7H2,1-2H3;3-8H2,1-2H3,(H,10,11);1-2H3/b9-8-;;. The van der Waals surface area contributed by atoms with Crippen molar-refractivity contribution >= 4 is 6.09 Å². The highest BCUT2D eigenvalue weighted by Crippen LogP contribution is 2.47. The van der Waals surface area contributed by atoms with Gasteiger partial charge in [-0.1, -0.05) is 57.6 Å². The maximum Gasteiger partial charge on any atom is 0.406 e. The second-order valence-electron chi connectivity index (χ2n) is 7.23. The topological polar surface area (TPSA) is 38.3 Å². The summed E-state index contributed by atoms with van der Waals surface area (Å²) in [6, 6.07) is 0. The molecule has 0 spiro atoms. The molecule has 0 radical (unpaired) electrons. The lowest BCUT2D eigenvalue weighted by atomic mass is 9.95. The zero-order valence-corrected chi connectivity index (χ0v) is 17.7. The fourth-order valence-electron chi connectivity index (χ4n) is 3.24. The molecule has 3 nitrogen and oxygen atoms in total. The van der Waals surface area contributed by atoms with Crippen LogP contribution in [0.2, 0.25) is 0 Å². The van der Waals surface area contributed by atoms with E-state index in [1.807, 2.05) is 13.8 Å². The molecule has 0 aromatic heterocycles. The minimum atomic E-state index is -0.328. The quantitative estimate of drug-likeness (QED) is 0.418. The van der Waals surface area contributed by atoms with Crippen LogP contribution in [-0.2, 0) is 4.74 Å². The number of amides is 1. The summed E-state index contributed by atoms with van der Waals surface area (Å²) in [5.74, 6) is 2.25. The van der Waals surface area contributed by atoms with Gasteiger partial charge in [0.1, 0.15) is 0 Å². The van der Waals surface area contributed by atoms with E-state index >= 15 is 0 Å². The Labute approximate surface area is 157 Å². The maximum absolute atomic E-state index is 10.6. The first-order chi connectivity index (χ1) is 12.1. The number of rotatable bonds is 6. The monoisotopic (exact) mass is 353 g/mol. The smallest absolute Gasteiger partial charge is 0.406 e. The number of hydrogen-bond acceptors (Lipinski definition) is 2. The number of alkyl carbamates (subject to hydrolysis) is 1. The van der Waals surface area contributed by atoms with Crippen LogP contribution in [0.25, 0.3) is 0 Å². The SMILES string of the molecule is C/C1=C(\C)CCC2CC2CC1.CC.CCCCCCCNC(=O)OC. The van der Waals surface area contributed by atoms with Crippen molar-refractivity contribution in [1.29, 1.82) is 0 Å². The van der Waals surface area contributed by atoms with Gasteiger partial charge in [0.15, 0.2) is 0 Å². The van der Waals surface area contributed by atoms with Crippen molar-refractivity contribution in [3.8, 4) is 0 Å². The highest BCUT2D eigenvalue weighted by Gasteiger charge is 2.36. The van der Waals surface area contributed by atoms with Gasteiger partial charge in [-0.2, -0.15) is 0 Å². The largest absolute Gasteiger partial charge is 0.453 e. The fourth-order valence-corrected chi connectivity index (χ4v) is 3.24. The molecule has 0 saturated heterocycles. The third-order valence-electron chi connectivity index (χ3n) is 5.31. The van der Waals surface area contributed by atoms with Gasteiger partial charge in [-0.05, 0) is 64.2 Å². The van der Waals surface area contributed by atoms with E-state index in [2.05, 4.69) is 30.8 Å². The van der Waals surface area contributed by atoms with E-state index in [9.17, 15) is 4.79 Å². The van der Waals surface area contributed by atoms with Crippen molar-refractivity contribution in [2.45, 2.75) is 98.8 Å². The molecule has 148 valence electrons. The molecular formula is C22H43NO2. The van der Waals surface area contributed by atoms with Crippen LogP contribution in [0.1, 0.15) is 98.8 Å². The molecule has 1 N–H and O–H groups in total. The number of carbonyl (C=O) groups is 1. The number of unbranched alkanes of at least 4 members (excludes halogenated alkanes) is 4. The summed E-state index contributed by atoms with van der Waals surface area (Å²) in [6.45, 7) is 11.6. The molecule has 2 atom stereocenters. The van der Waals surface area contributed by atoms with Crippen molar-refractivity contribution in [3.63, 3.8) is 0 Å². The van der Waals surface area contributed by atoms with Gasteiger partial charge in [-0.25, -0.2) is 4.79 Å². The molecule has 2 unspecified atom stereocenters. The highest BCUT2D eigenvalue weighted by molar-refractivity contribution is 5.66. The Morgan fingerprint density at radius 2 is 1.52 bits per heavy atom. The second kappa shape index (κ2) is 15.3. The first-order valence-corrected chi connectivity index (χ1v) is 10.6. The summed E-state index contributed by atoms with van der Waals surface area (Å²) >= 11 is 0. The molecule has 2 aliphatic carbocycles. The van der Waals surface area contributed by atoms with Crippen molar-refractivity contribution < 1.29 is 9.53 Å². The molecule has 2 aliphatic rings. The summed E-state index contributed by atoms with van der Waals surface area (Å²) in [5.41, 5.74) is 3.35. The van der Waals surface area contributed by atoms with Gasteiger partial charge in [-0.15, -0.1) is 0 Å². The van der Waals surface area contributed by atoms with Crippen molar-refractivity contribution in [2.24, 2.45) is 11.8 Å². The number of hydrogen-bond donors (Lipinski definition) is 1. The second-order valence-corrected chi connectivity index (χ2v) is 7.23. The molecule has 1 saturated carbocycles. The summed E-state index contributed by atoms with van der Waals surface area (Å²) in [7, 11) is 1.38. The summed E-state index contributed by atoms with van der Waals surface area (Å²) < 4.78 is 4.43. The minimum Gasteiger partial charge on any atom is -0.453 e. The van der Waals surface area contributed by atoms with E-state index in [1.165, 1.54) is 58.5 Å². The van der Waals surface area contributed by atoms with E-state index in [-0.39, 0.29) is 6.09 Å². The van der Waals surface area contributed by atoms with Crippen LogP contribution < -0.4 is 5.32 Å². The highest BCUT2D eigenvalue weighted by atomic mass is 16.5. The molecule has 1 fully saturated rings. The Balaban J connectivity index is 0.000000419. The predicted octanol–water partition coefficient (Wildman–Crippen LogP) is 6.87. The van der Waals surface area contributed by atoms with E-state index < -0.39 is 0 Å². The molecule has 0 heterocycles. The van der Waals surface area contributed by atoms with Crippen molar-refractivity contribution in [2.75, 3.05) is 13.7 Å². The molecule has 0 aliphatic heterocycles. The molecular weight excluding hydrogens is 310 g/mol. The molecule has 0 aromatic rings. The molecule has 3 heteroatoms. The zero-order valence-electron chi connectivity index (χ0n) is 17.7. The van der Waals surface area contributed by atoms with Gasteiger partial charge in [-0.3, -0.25) is 0 Å². The molecule has 1 amide bonds. The van der Waals surface area contributed by atoms with E-state index in [1.54, 1.807) is 17.6 Å². The van der Waals surface area contributed by atoms with Crippen LogP contribution in [0.15, 0.2) is 11.1 Å². The first-order valence-electron chi connectivity index (χ1n) is 10.6. The van der Waals surface area contributed by atoms with Gasteiger partial charge in [0, 0.05) is 6.54 Å². The number of methoxy groups -OCH3 is 1. The lowest BCUT2D eigenvalue weighted by molar-refractivity contribution is 0.171. The normalized spacial score (nSPS) is 24.2. The lowest BCUT2D eigenvalue weighted by Gasteiger charge is -2.11. The third-order valence-corrected chi connectivity index (χ3v) is 5.31. The predicted molar refractivity (Wildman–Crippen MR) is 109 cm³/mol. The summed E-state index contributed by atoms with van der Waals surface area (Å²) in [5, 5.41) is 2.65. The molecule has 0 bridgehead atoms. The van der Waals surface area contributed by atoms with Crippen LogP contribution in [0.4, 0.5) is 4.79 Å². The lowest BCUT2D eigenvalue weighted by Crippen LogP contribution is -2.23. The van der Waals surface area contributed by atoms with Crippen molar-refractivity contribution in [1.82, 2.24) is 5.32 Å². The Hall–Kier alpha value is -0.990. The number of nitrogens with one attached hydrogen (secondary N) is 1. The molecule has 2 rings (SSSR count). The first kappa shape index (κ1) is 24.0. The zero-order chi connectivity index (χ0) is 19.1. The minimum absolute atomic E-state index is 0.328. The third kappa shape index (κ3) is 12.1. The summed E-state index contributed by atoms with van der Waals surface area (Å²) in [4.78, 5) is 10.6. The fraction of sp³-hybridized carbons (Fsp3) is 0.864. The van der Waals surface area contributed by atoms with E-state index in [0.717, 1.165) is 24.8 Å². The Morgan fingerprint density at radius 1 is 1.00 bits per heavy atom. The van der Waals surface area contributed by atoms with Gasteiger partial charge >= 0.3 is 6.09 Å².